The number of likely N-dealkylation sites (N-methyl/N-ethyl adjacent to an activating group) is 1. The molecule has 1 heterocycles. The van der Waals surface area contributed by atoms with Crippen LogP contribution in [0.5, 0.6) is 0 Å². The number of aliphatic hydroxyl groups excluding tert-OH is 1. The van der Waals surface area contributed by atoms with Gasteiger partial charge in [-0.2, -0.15) is 0 Å². The minimum absolute atomic E-state index is 0.0532. The average Bonchev–Trinajstić information content (AvgIpc) is 2.36. The molecule has 0 aromatic carbocycles. The average molecular weight is 317 g/mol. The second-order valence-electron chi connectivity index (χ2n) is 4.82. The van der Waals surface area contributed by atoms with Crippen molar-refractivity contribution in [2.24, 2.45) is 0 Å². The summed E-state index contributed by atoms with van der Waals surface area (Å²) in [5, 5.41) is 12.7. The highest BCUT2D eigenvalue weighted by atomic mass is 79.9. The number of halogens is 1. The Morgan fingerprint density at radius 2 is 2.11 bits per heavy atom. The third-order valence-electron chi connectivity index (χ3n) is 2.93. The molecule has 0 aliphatic carbocycles. The van der Waals surface area contributed by atoms with Crippen LogP contribution in [0.3, 0.4) is 0 Å². The Morgan fingerprint density at radius 1 is 1.44 bits per heavy atom. The Morgan fingerprint density at radius 3 is 2.67 bits per heavy atom. The fraction of sp³-hybridized carbons (Fsp3) is 0.667. The molecule has 0 aliphatic heterocycles. The number of hydrogen-bond acceptors (Lipinski definition) is 5. The van der Waals surface area contributed by atoms with E-state index < -0.39 is 0 Å². The Balaban J connectivity index is 3.03. The summed E-state index contributed by atoms with van der Waals surface area (Å²) in [6, 6.07) is 0. The zero-order valence-electron chi connectivity index (χ0n) is 11.4. The Labute approximate surface area is 117 Å². The van der Waals surface area contributed by atoms with Crippen LogP contribution in [0, 0.1) is 0 Å². The Hall–Kier alpha value is -0.880. The lowest BCUT2D eigenvalue weighted by Gasteiger charge is -2.35. The van der Waals surface area contributed by atoms with E-state index in [4.69, 9.17) is 0 Å². The summed E-state index contributed by atoms with van der Waals surface area (Å²) in [5.74, 6) is 1.55. The number of nitrogens with zero attached hydrogens (tertiary/aromatic N) is 3. The van der Waals surface area contributed by atoms with E-state index in [9.17, 15) is 5.11 Å². The fourth-order valence-electron chi connectivity index (χ4n) is 1.35. The highest BCUT2D eigenvalue weighted by Crippen LogP contribution is 2.32. The first-order chi connectivity index (χ1) is 8.44. The van der Waals surface area contributed by atoms with Crippen molar-refractivity contribution in [3.8, 4) is 0 Å². The van der Waals surface area contributed by atoms with Crippen molar-refractivity contribution in [1.82, 2.24) is 9.97 Å². The third-order valence-corrected chi connectivity index (χ3v) is 3.66. The van der Waals surface area contributed by atoms with Crippen LogP contribution in [0.1, 0.15) is 27.2 Å². The van der Waals surface area contributed by atoms with Crippen molar-refractivity contribution in [2.45, 2.75) is 32.7 Å². The number of hydrogen-bond donors (Lipinski definition) is 2. The van der Waals surface area contributed by atoms with E-state index in [-0.39, 0.29) is 12.1 Å². The molecular weight excluding hydrogens is 296 g/mol. The molecule has 1 rings (SSSR count). The maximum absolute atomic E-state index is 9.41. The van der Waals surface area contributed by atoms with Gasteiger partial charge in [-0.15, -0.1) is 0 Å². The molecule has 5 nitrogen and oxygen atoms in total. The van der Waals surface area contributed by atoms with Gasteiger partial charge in [0.2, 0.25) is 0 Å². The molecule has 18 heavy (non-hydrogen) atoms. The summed E-state index contributed by atoms with van der Waals surface area (Å²) in [5.41, 5.74) is -0.376. The molecule has 0 unspecified atom stereocenters. The standard InChI is InChI=1S/C12H21BrN4O/c1-5-6-14-10-9(13)11(16-8-15-10)17(4)12(2,3)7-18/h8,18H,5-7H2,1-4H3,(H,14,15,16). The monoisotopic (exact) mass is 316 g/mol. The first-order valence-corrected chi connectivity index (χ1v) is 6.82. The van der Waals surface area contributed by atoms with Crippen molar-refractivity contribution in [3.63, 3.8) is 0 Å². The van der Waals surface area contributed by atoms with Crippen LogP contribution >= 0.6 is 15.9 Å². The van der Waals surface area contributed by atoms with Gasteiger partial charge in [0.05, 0.1) is 12.1 Å². The van der Waals surface area contributed by atoms with Crippen LogP contribution in [0.15, 0.2) is 10.8 Å². The van der Waals surface area contributed by atoms with Crippen molar-refractivity contribution in [1.29, 1.82) is 0 Å². The maximum Gasteiger partial charge on any atom is 0.148 e. The van der Waals surface area contributed by atoms with Crippen molar-refractivity contribution >= 4 is 27.6 Å². The van der Waals surface area contributed by atoms with Gasteiger partial charge in [0.15, 0.2) is 0 Å². The van der Waals surface area contributed by atoms with Gasteiger partial charge in [0.1, 0.15) is 22.4 Å². The molecule has 0 saturated heterocycles. The molecular formula is C12H21BrN4O. The Bertz CT molecular complexity index is 398. The quantitative estimate of drug-likeness (QED) is 0.843. The second kappa shape index (κ2) is 6.33. The van der Waals surface area contributed by atoms with Gasteiger partial charge in [-0.05, 0) is 36.2 Å². The van der Waals surface area contributed by atoms with Gasteiger partial charge in [0, 0.05) is 13.6 Å². The van der Waals surface area contributed by atoms with E-state index in [0.29, 0.717) is 0 Å². The number of anilines is 2. The van der Waals surface area contributed by atoms with E-state index in [2.05, 4.69) is 38.1 Å². The van der Waals surface area contributed by atoms with Crippen molar-refractivity contribution in [3.05, 3.63) is 10.8 Å². The van der Waals surface area contributed by atoms with E-state index in [0.717, 1.165) is 29.1 Å². The molecule has 0 spiro atoms. The van der Waals surface area contributed by atoms with Crippen molar-refractivity contribution < 1.29 is 5.11 Å². The fourth-order valence-corrected chi connectivity index (χ4v) is 1.96. The molecule has 6 heteroatoms. The highest BCUT2D eigenvalue weighted by molar-refractivity contribution is 9.10. The molecule has 1 aromatic rings. The van der Waals surface area contributed by atoms with Crippen LogP contribution in [-0.2, 0) is 0 Å². The predicted molar refractivity (Wildman–Crippen MR) is 78.1 cm³/mol. The zero-order chi connectivity index (χ0) is 13.8. The van der Waals surface area contributed by atoms with Crippen LogP contribution in [0.25, 0.3) is 0 Å². The molecule has 0 fully saturated rings. The summed E-state index contributed by atoms with van der Waals surface area (Å²) in [4.78, 5) is 10.4. The van der Waals surface area contributed by atoms with Gasteiger partial charge in [-0.3, -0.25) is 0 Å². The lowest BCUT2D eigenvalue weighted by atomic mass is 10.1. The number of aliphatic hydroxyl groups is 1. The van der Waals surface area contributed by atoms with Gasteiger partial charge in [-0.1, -0.05) is 6.92 Å². The summed E-state index contributed by atoms with van der Waals surface area (Å²) in [7, 11) is 1.91. The van der Waals surface area contributed by atoms with E-state index in [1.54, 1.807) is 0 Å². The molecule has 0 atom stereocenters. The topological polar surface area (TPSA) is 61.3 Å². The number of aromatic nitrogens is 2. The van der Waals surface area contributed by atoms with Crippen molar-refractivity contribution in [2.75, 3.05) is 30.4 Å². The first-order valence-electron chi connectivity index (χ1n) is 6.03. The van der Waals surface area contributed by atoms with E-state index >= 15 is 0 Å². The van der Waals surface area contributed by atoms with Crippen LogP contribution in [0.2, 0.25) is 0 Å². The molecule has 0 bridgehead atoms. The van der Waals surface area contributed by atoms with Crippen LogP contribution in [0.4, 0.5) is 11.6 Å². The summed E-state index contributed by atoms with van der Waals surface area (Å²) >= 11 is 3.52. The minimum atomic E-state index is -0.376. The van der Waals surface area contributed by atoms with Gasteiger partial charge >= 0.3 is 0 Å². The molecule has 1 aromatic heterocycles. The van der Waals surface area contributed by atoms with Gasteiger partial charge in [0.25, 0.3) is 0 Å². The van der Waals surface area contributed by atoms with Crippen LogP contribution < -0.4 is 10.2 Å². The summed E-state index contributed by atoms with van der Waals surface area (Å²) in [6.45, 7) is 6.94. The molecule has 102 valence electrons. The maximum atomic E-state index is 9.41. The second-order valence-corrected chi connectivity index (χ2v) is 5.61. The SMILES string of the molecule is CCCNc1ncnc(N(C)C(C)(C)CO)c1Br. The molecule has 0 radical (unpaired) electrons. The van der Waals surface area contributed by atoms with E-state index in [1.165, 1.54) is 6.33 Å². The third kappa shape index (κ3) is 3.32. The van der Waals surface area contributed by atoms with Gasteiger partial charge < -0.3 is 15.3 Å². The molecule has 0 amide bonds. The van der Waals surface area contributed by atoms with Crippen LogP contribution in [-0.4, -0.2) is 40.8 Å². The molecule has 0 saturated carbocycles. The lowest BCUT2D eigenvalue weighted by molar-refractivity contribution is 0.215. The zero-order valence-corrected chi connectivity index (χ0v) is 13.0. The van der Waals surface area contributed by atoms with Gasteiger partial charge in [-0.25, -0.2) is 9.97 Å². The lowest BCUT2D eigenvalue weighted by Crippen LogP contribution is -2.45. The first kappa shape index (κ1) is 15.2. The van der Waals surface area contributed by atoms with E-state index in [1.807, 2.05) is 25.8 Å². The Kier molecular flexibility index (Phi) is 5.34. The normalized spacial score (nSPS) is 11.4. The molecule has 0 aliphatic rings. The number of nitrogens with one attached hydrogen (secondary N) is 1. The molecule has 2 N–H and O–H groups in total. The summed E-state index contributed by atoms with van der Waals surface area (Å²) < 4.78 is 0.822. The number of rotatable bonds is 6. The minimum Gasteiger partial charge on any atom is -0.394 e. The predicted octanol–water partition coefficient (Wildman–Crippen LogP) is 2.27. The smallest absolute Gasteiger partial charge is 0.148 e. The largest absolute Gasteiger partial charge is 0.394 e. The summed E-state index contributed by atoms with van der Waals surface area (Å²) in [6.07, 6.45) is 2.56. The highest BCUT2D eigenvalue weighted by Gasteiger charge is 2.26.